The molecule has 1 aromatic heterocycles. The zero-order valence-corrected chi connectivity index (χ0v) is 21.6. The summed E-state index contributed by atoms with van der Waals surface area (Å²) in [6.45, 7) is -0.0225. The highest BCUT2D eigenvalue weighted by Crippen LogP contribution is 2.39. The highest BCUT2D eigenvalue weighted by molar-refractivity contribution is 6.02. The Morgan fingerprint density at radius 3 is 2.72 bits per heavy atom. The Bertz CT molecular complexity index is 1510. The second-order valence-electron chi connectivity index (χ2n) is 9.71. The molecule has 0 radical (unpaired) electrons. The standard InChI is InChI=1S/C29H29N5O5/c1-37-22-10-6-7-19(15-22)28(29(36)30-20-8-2-3-9-20)34(21-13-14-25-26(16-21)39-18-38-25)27(35)17-33-24-12-5-4-11-23(24)31-32-33/h4-7,10-16,20,28H,2-3,8-9,17-18H2,1H3,(H,30,36)/t28-/m1/s1. The van der Waals surface area contributed by atoms with Crippen molar-refractivity contribution in [3.63, 3.8) is 0 Å². The summed E-state index contributed by atoms with van der Waals surface area (Å²) in [5.41, 5.74) is 2.54. The number of amides is 2. The van der Waals surface area contributed by atoms with Crippen LogP contribution in [0.15, 0.2) is 66.7 Å². The molecule has 0 saturated heterocycles. The first kappa shape index (κ1) is 24.7. The average Bonchev–Trinajstić information content (AvgIpc) is 3.73. The molecule has 2 amide bonds. The van der Waals surface area contributed by atoms with Gasteiger partial charge >= 0.3 is 0 Å². The van der Waals surface area contributed by atoms with Crippen molar-refractivity contribution in [2.24, 2.45) is 0 Å². The van der Waals surface area contributed by atoms with E-state index in [4.69, 9.17) is 14.2 Å². The number of aromatic nitrogens is 3. The van der Waals surface area contributed by atoms with E-state index in [9.17, 15) is 9.59 Å². The van der Waals surface area contributed by atoms with Crippen molar-refractivity contribution < 1.29 is 23.8 Å². The summed E-state index contributed by atoms with van der Waals surface area (Å²) in [7, 11) is 1.57. The molecule has 10 heteroatoms. The second kappa shape index (κ2) is 10.6. The molecule has 1 aliphatic heterocycles. The molecule has 39 heavy (non-hydrogen) atoms. The lowest BCUT2D eigenvalue weighted by atomic mass is 10.0. The van der Waals surface area contributed by atoms with E-state index in [0.29, 0.717) is 34.0 Å². The van der Waals surface area contributed by atoms with E-state index in [1.54, 1.807) is 36.1 Å². The van der Waals surface area contributed by atoms with Crippen molar-refractivity contribution in [2.75, 3.05) is 18.8 Å². The zero-order valence-electron chi connectivity index (χ0n) is 21.6. The first-order chi connectivity index (χ1) is 19.1. The summed E-state index contributed by atoms with van der Waals surface area (Å²) in [5.74, 6) is 1.09. The molecular weight excluding hydrogens is 498 g/mol. The molecule has 0 bridgehead atoms. The molecule has 1 saturated carbocycles. The molecule has 0 unspecified atom stereocenters. The van der Waals surface area contributed by atoms with Gasteiger partial charge in [-0.1, -0.05) is 42.3 Å². The number of carbonyl (C=O) groups is 2. The van der Waals surface area contributed by atoms with Gasteiger partial charge in [0.05, 0.1) is 12.6 Å². The number of ether oxygens (including phenoxy) is 3. The highest BCUT2D eigenvalue weighted by atomic mass is 16.7. The molecule has 6 rings (SSSR count). The second-order valence-corrected chi connectivity index (χ2v) is 9.71. The van der Waals surface area contributed by atoms with Crippen LogP contribution in [0.25, 0.3) is 11.0 Å². The first-order valence-corrected chi connectivity index (χ1v) is 13.0. The Hall–Kier alpha value is -4.60. The Balaban J connectivity index is 1.44. The molecule has 0 spiro atoms. The number of nitrogens with zero attached hydrogens (tertiary/aromatic N) is 4. The number of anilines is 1. The maximum Gasteiger partial charge on any atom is 0.249 e. The summed E-state index contributed by atoms with van der Waals surface area (Å²) in [4.78, 5) is 29.8. The largest absolute Gasteiger partial charge is 0.497 e. The molecule has 1 fully saturated rings. The third kappa shape index (κ3) is 4.97. The summed E-state index contributed by atoms with van der Waals surface area (Å²) in [6, 6.07) is 19.0. The molecule has 3 aromatic carbocycles. The van der Waals surface area contributed by atoms with Crippen LogP contribution in [0.2, 0.25) is 0 Å². The summed E-state index contributed by atoms with van der Waals surface area (Å²) >= 11 is 0. The van der Waals surface area contributed by atoms with Crippen LogP contribution in [0, 0.1) is 0 Å². The summed E-state index contributed by atoms with van der Waals surface area (Å²) < 4.78 is 18.1. The number of nitrogens with one attached hydrogen (secondary N) is 1. The lowest BCUT2D eigenvalue weighted by Gasteiger charge is -2.32. The SMILES string of the molecule is COc1cccc([C@H](C(=O)NC2CCCC2)N(C(=O)Cn2nnc3ccccc32)c2ccc3c(c2)OCO3)c1. The number of methoxy groups -OCH3 is 1. The number of fused-ring (bicyclic) bond motifs is 2. The predicted octanol–water partition coefficient (Wildman–Crippen LogP) is 4.00. The van der Waals surface area contributed by atoms with Crippen LogP contribution in [-0.4, -0.2) is 46.8 Å². The number of hydrogen-bond donors (Lipinski definition) is 1. The summed E-state index contributed by atoms with van der Waals surface area (Å²) in [6.07, 6.45) is 3.97. The van der Waals surface area contributed by atoms with Gasteiger partial charge in [-0.05, 0) is 54.8 Å². The zero-order chi connectivity index (χ0) is 26.8. The number of carbonyl (C=O) groups excluding carboxylic acids is 2. The maximum absolute atomic E-state index is 14.2. The van der Waals surface area contributed by atoms with Crippen molar-refractivity contribution in [1.29, 1.82) is 0 Å². The Labute approximate surface area is 225 Å². The van der Waals surface area contributed by atoms with E-state index in [2.05, 4.69) is 15.6 Å². The van der Waals surface area contributed by atoms with Gasteiger partial charge in [-0.3, -0.25) is 14.5 Å². The van der Waals surface area contributed by atoms with E-state index in [0.717, 1.165) is 31.2 Å². The fourth-order valence-corrected chi connectivity index (χ4v) is 5.29. The minimum atomic E-state index is -0.969. The molecule has 1 aliphatic carbocycles. The molecule has 2 aliphatic rings. The van der Waals surface area contributed by atoms with Crippen molar-refractivity contribution >= 4 is 28.5 Å². The van der Waals surface area contributed by atoms with Gasteiger partial charge in [0.2, 0.25) is 18.6 Å². The van der Waals surface area contributed by atoms with Crippen molar-refractivity contribution in [1.82, 2.24) is 20.3 Å². The summed E-state index contributed by atoms with van der Waals surface area (Å²) in [5, 5.41) is 11.6. The Morgan fingerprint density at radius 2 is 1.87 bits per heavy atom. The molecule has 10 nitrogen and oxygen atoms in total. The fraction of sp³-hybridized carbons (Fsp3) is 0.310. The third-order valence-electron chi connectivity index (χ3n) is 7.23. The van der Waals surface area contributed by atoms with Crippen molar-refractivity contribution in [3.8, 4) is 17.2 Å². The highest BCUT2D eigenvalue weighted by Gasteiger charge is 2.35. The van der Waals surface area contributed by atoms with Gasteiger partial charge in [-0.15, -0.1) is 5.10 Å². The minimum Gasteiger partial charge on any atom is -0.497 e. The lowest BCUT2D eigenvalue weighted by Crippen LogP contribution is -2.47. The van der Waals surface area contributed by atoms with Crippen molar-refractivity contribution in [3.05, 3.63) is 72.3 Å². The van der Waals surface area contributed by atoms with E-state index in [1.807, 2.05) is 42.5 Å². The molecule has 4 aromatic rings. The van der Waals surface area contributed by atoms with Crippen LogP contribution < -0.4 is 24.4 Å². The van der Waals surface area contributed by atoms with Crippen LogP contribution in [0.1, 0.15) is 37.3 Å². The normalized spacial score (nSPS) is 15.3. The van der Waals surface area contributed by atoms with E-state index in [-0.39, 0.29) is 31.2 Å². The Morgan fingerprint density at radius 1 is 1.05 bits per heavy atom. The van der Waals surface area contributed by atoms with Crippen LogP contribution in [0.4, 0.5) is 5.69 Å². The third-order valence-corrected chi connectivity index (χ3v) is 7.23. The number of para-hydroxylation sites is 1. The Kier molecular flexibility index (Phi) is 6.75. The monoisotopic (exact) mass is 527 g/mol. The fourth-order valence-electron chi connectivity index (χ4n) is 5.29. The molecule has 2 heterocycles. The van der Waals surface area contributed by atoms with Crippen molar-refractivity contribution in [2.45, 2.75) is 44.3 Å². The van der Waals surface area contributed by atoms with Gasteiger partial charge in [0.1, 0.15) is 23.9 Å². The molecule has 200 valence electrons. The van der Waals surface area contributed by atoms with Gasteiger partial charge < -0.3 is 19.5 Å². The predicted molar refractivity (Wildman–Crippen MR) is 144 cm³/mol. The lowest BCUT2D eigenvalue weighted by molar-refractivity contribution is -0.127. The molecular formula is C29H29N5O5. The smallest absolute Gasteiger partial charge is 0.249 e. The van der Waals surface area contributed by atoms with Gasteiger partial charge in [-0.2, -0.15) is 0 Å². The van der Waals surface area contributed by atoms with Crippen LogP contribution >= 0.6 is 0 Å². The van der Waals surface area contributed by atoms with Crippen LogP contribution in [0.5, 0.6) is 17.2 Å². The van der Waals surface area contributed by atoms with Gasteiger partial charge in [0.15, 0.2) is 11.5 Å². The van der Waals surface area contributed by atoms with Gasteiger partial charge in [0.25, 0.3) is 0 Å². The average molecular weight is 528 g/mol. The number of rotatable bonds is 8. The van der Waals surface area contributed by atoms with Gasteiger partial charge in [-0.25, -0.2) is 4.68 Å². The van der Waals surface area contributed by atoms with Crippen LogP contribution in [0.3, 0.4) is 0 Å². The molecule has 1 atom stereocenters. The topological polar surface area (TPSA) is 108 Å². The van der Waals surface area contributed by atoms with E-state index >= 15 is 0 Å². The first-order valence-electron chi connectivity index (χ1n) is 13.0. The maximum atomic E-state index is 14.2. The van der Waals surface area contributed by atoms with E-state index in [1.165, 1.54) is 4.90 Å². The number of hydrogen-bond acceptors (Lipinski definition) is 7. The van der Waals surface area contributed by atoms with Gasteiger partial charge in [0, 0.05) is 17.8 Å². The quantitative estimate of drug-likeness (QED) is 0.369. The molecule has 1 N–H and O–H groups in total. The minimum absolute atomic E-state index is 0.0681. The van der Waals surface area contributed by atoms with Crippen LogP contribution in [-0.2, 0) is 16.1 Å². The number of benzene rings is 3. The van der Waals surface area contributed by atoms with E-state index < -0.39 is 6.04 Å².